The monoisotopic (exact) mass is 264 g/mol. The van der Waals surface area contributed by atoms with Crippen molar-refractivity contribution in [1.29, 1.82) is 0 Å². The third-order valence-electron chi connectivity index (χ3n) is 1.88. The molecule has 0 fully saturated rings. The van der Waals surface area contributed by atoms with Gasteiger partial charge in [-0.1, -0.05) is 72.2 Å². The van der Waals surface area contributed by atoms with Gasteiger partial charge in [-0.2, -0.15) is 0 Å². The molecule has 2 rings (SSSR count). The zero-order valence-electron chi connectivity index (χ0n) is 13.1. The van der Waals surface area contributed by atoms with E-state index in [1.807, 2.05) is 27.7 Å². The number of hydrogen-bond acceptors (Lipinski definition) is 2. The predicted octanol–water partition coefficient (Wildman–Crippen LogP) is 5.72. The first-order valence-electron chi connectivity index (χ1n) is 7.10. The number of rotatable bonds is 0. The van der Waals surface area contributed by atoms with Gasteiger partial charge in [0, 0.05) is 10.8 Å². The normalized spacial score (nSPS) is 8.11. The van der Waals surface area contributed by atoms with Gasteiger partial charge in [-0.05, 0) is 12.1 Å². The van der Waals surface area contributed by atoms with Crippen LogP contribution in [0.3, 0.4) is 0 Å². The van der Waals surface area contributed by atoms with E-state index < -0.39 is 0 Å². The SMILES string of the molecule is CC.CC.CCC.Oc1cccc2c(O)cccc12. The molecule has 0 radical (unpaired) electrons. The second kappa shape index (κ2) is 12.7. The Morgan fingerprint density at radius 3 is 1.21 bits per heavy atom. The first kappa shape index (κ1) is 19.6. The standard InChI is InChI=1S/C10H8O2.C3H8.2C2H6/c11-9-5-1-3-7-8(9)4-2-6-10(7)12;1-3-2;2*1-2/h1-6,11-12H;3H2,1-2H3;2*1-2H3. The van der Waals surface area contributed by atoms with E-state index in [9.17, 15) is 10.2 Å². The van der Waals surface area contributed by atoms with Gasteiger partial charge in [0.25, 0.3) is 0 Å². The summed E-state index contributed by atoms with van der Waals surface area (Å²) in [6.45, 7) is 12.2. The number of fused-ring (bicyclic) bond motifs is 1. The van der Waals surface area contributed by atoms with Crippen LogP contribution in [0.25, 0.3) is 10.8 Å². The molecule has 19 heavy (non-hydrogen) atoms. The number of aromatic hydroxyl groups is 2. The van der Waals surface area contributed by atoms with E-state index in [0.29, 0.717) is 10.8 Å². The lowest BCUT2D eigenvalue weighted by molar-refractivity contribution is 0.475. The van der Waals surface area contributed by atoms with Crippen molar-refractivity contribution >= 4 is 10.8 Å². The zero-order chi connectivity index (χ0) is 15.3. The molecule has 2 nitrogen and oxygen atoms in total. The van der Waals surface area contributed by atoms with Crippen LogP contribution in [0, 0.1) is 0 Å². The molecule has 0 aromatic heterocycles. The largest absolute Gasteiger partial charge is 0.507 e. The molecule has 0 saturated carbocycles. The number of hydrogen-bond donors (Lipinski definition) is 2. The van der Waals surface area contributed by atoms with Crippen LogP contribution in [0.15, 0.2) is 36.4 Å². The molecule has 2 aromatic rings. The predicted molar refractivity (Wildman–Crippen MR) is 85.9 cm³/mol. The van der Waals surface area contributed by atoms with E-state index in [1.54, 1.807) is 36.4 Å². The summed E-state index contributed by atoms with van der Waals surface area (Å²) < 4.78 is 0. The average Bonchev–Trinajstić information content (AvgIpc) is 2.46. The molecule has 0 aliphatic heterocycles. The van der Waals surface area contributed by atoms with Crippen LogP contribution >= 0.6 is 0 Å². The Hall–Kier alpha value is -1.70. The van der Waals surface area contributed by atoms with Crippen molar-refractivity contribution in [2.75, 3.05) is 0 Å². The topological polar surface area (TPSA) is 40.5 Å². The quantitative estimate of drug-likeness (QED) is 0.639. The molecule has 0 atom stereocenters. The molecule has 0 aliphatic carbocycles. The fourth-order valence-corrected chi connectivity index (χ4v) is 1.28. The molecular weight excluding hydrogens is 236 g/mol. The fourth-order valence-electron chi connectivity index (χ4n) is 1.28. The molecule has 2 heteroatoms. The Morgan fingerprint density at radius 2 is 0.947 bits per heavy atom. The van der Waals surface area contributed by atoms with Crippen molar-refractivity contribution < 1.29 is 10.2 Å². The number of benzene rings is 2. The third kappa shape index (κ3) is 6.70. The Kier molecular flexibility index (Phi) is 13.2. The maximum absolute atomic E-state index is 9.38. The van der Waals surface area contributed by atoms with Crippen LogP contribution < -0.4 is 0 Å². The molecule has 2 aromatic carbocycles. The summed E-state index contributed by atoms with van der Waals surface area (Å²) in [6, 6.07) is 10.1. The lowest BCUT2D eigenvalue weighted by Gasteiger charge is -2.01. The van der Waals surface area contributed by atoms with Gasteiger partial charge >= 0.3 is 0 Å². The summed E-state index contributed by atoms with van der Waals surface area (Å²) in [7, 11) is 0. The van der Waals surface area contributed by atoms with E-state index in [-0.39, 0.29) is 11.5 Å². The van der Waals surface area contributed by atoms with Gasteiger partial charge in [-0.3, -0.25) is 0 Å². The van der Waals surface area contributed by atoms with Crippen LogP contribution in [-0.2, 0) is 0 Å². The van der Waals surface area contributed by atoms with E-state index in [2.05, 4.69) is 13.8 Å². The molecule has 0 aliphatic rings. The summed E-state index contributed by atoms with van der Waals surface area (Å²) in [5.74, 6) is 0.395. The first-order valence-corrected chi connectivity index (χ1v) is 7.10. The molecule has 0 amide bonds. The highest BCUT2D eigenvalue weighted by Crippen LogP contribution is 2.29. The van der Waals surface area contributed by atoms with Crippen LogP contribution in [0.5, 0.6) is 11.5 Å². The summed E-state index contributed by atoms with van der Waals surface area (Å²) in [5, 5.41) is 20.1. The van der Waals surface area contributed by atoms with Crippen molar-refractivity contribution in [3.8, 4) is 11.5 Å². The van der Waals surface area contributed by atoms with Gasteiger partial charge < -0.3 is 10.2 Å². The Morgan fingerprint density at radius 1 is 0.684 bits per heavy atom. The Bertz CT molecular complexity index is 395. The molecule has 0 unspecified atom stereocenters. The first-order chi connectivity index (χ1) is 9.20. The van der Waals surface area contributed by atoms with Gasteiger partial charge in [0.15, 0.2) is 0 Å². The second-order valence-electron chi connectivity index (χ2n) is 3.36. The highest BCUT2D eigenvalue weighted by molar-refractivity contribution is 5.92. The Labute approximate surface area is 117 Å². The number of phenols is 2. The summed E-state index contributed by atoms with van der Waals surface area (Å²) >= 11 is 0. The Balaban J connectivity index is 0. The summed E-state index contributed by atoms with van der Waals surface area (Å²) in [4.78, 5) is 0. The van der Waals surface area contributed by atoms with E-state index in [4.69, 9.17) is 0 Å². The van der Waals surface area contributed by atoms with Gasteiger partial charge in [-0.15, -0.1) is 0 Å². The maximum atomic E-state index is 9.38. The van der Waals surface area contributed by atoms with E-state index in [0.717, 1.165) is 0 Å². The number of phenolic OH excluding ortho intramolecular Hbond substituents is 2. The van der Waals surface area contributed by atoms with Crippen molar-refractivity contribution in [2.24, 2.45) is 0 Å². The van der Waals surface area contributed by atoms with Crippen LogP contribution in [0.1, 0.15) is 48.0 Å². The summed E-state index contributed by atoms with van der Waals surface area (Å²) in [5.41, 5.74) is 0. The van der Waals surface area contributed by atoms with Gasteiger partial charge in [0.1, 0.15) is 11.5 Å². The van der Waals surface area contributed by atoms with Gasteiger partial charge in [0.2, 0.25) is 0 Å². The van der Waals surface area contributed by atoms with Crippen molar-refractivity contribution in [3.05, 3.63) is 36.4 Å². The third-order valence-corrected chi connectivity index (χ3v) is 1.88. The minimum atomic E-state index is 0.198. The lowest BCUT2D eigenvalue weighted by Crippen LogP contribution is -1.73. The van der Waals surface area contributed by atoms with Crippen LogP contribution in [-0.4, -0.2) is 10.2 Å². The molecule has 0 saturated heterocycles. The van der Waals surface area contributed by atoms with Crippen molar-refractivity contribution in [2.45, 2.75) is 48.0 Å². The molecule has 0 bridgehead atoms. The fraction of sp³-hybridized carbons (Fsp3) is 0.412. The highest BCUT2D eigenvalue weighted by atomic mass is 16.3. The second-order valence-corrected chi connectivity index (χ2v) is 3.36. The molecule has 2 N–H and O–H groups in total. The van der Waals surface area contributed by atoms with Gasteiger partial charge in [0.05, 0.1) is 0 Å². The van der Waals surface area contributed by atoms with Crippen molar-refractivity contribution in [3.63, 3.8) is 0 Å². The smallest absolute Gasteiger partial charge is 0.123 e. The van der Waals surface area contributed by atoms with Crippen molar-refractivity contribution in [1.82, 2.24) is 0 Å². The minimum Gasteiger partial charge on any atom is -0.507 e. The maximum Gasteiger partial charge on any atom is 0.123 e. The molecule has 0 spiro atoms. The molecule has 0 heterocycles. The lowest BCUT2D eigenvalue weighted by atomic mass is 10.1. The van der Waals surface area contributed by atoms with Crippen LogP contribution in [0.4, 0.5) is 0 Å². The molecule has 108 valence electrons. The minimum absolute atomic E-state index is 0.198. The van der Waals surface area contributed by atoms with Gasteiger partial charge in [-0.25, -0.2) is 0 Å². The molecular formula is C17H28O2. The zero-order valence-corrected chi connectivity index (χ0v) is 13.1. The average molecular weight is 264 g/mol. The highest BCUT2D eigenvalue weighted by Gasteiger charge is 2.00. The van der Waals surface area contributed by atoms with E-state index >= 15 is 0 Å². The van der Waals surface area contributed by atoms with E-state index in [1.165, 1.54) is 6.42 Å². The van der Waals surface area contributed by atoms with Crippen LogP contribution in [0.2, 0.25) is 0 Å². The summed E-state index contributed by atoms with van der Waals surface area (Å²) in [6.07, 6.45) is 1.25.